The van der Waals surface area contributed by atoms with Crippen LogP contribution in [0.25, 0.3) is 5.69 Å². The predicted molar refractivity (Wildman–Crippen MR) is 103 cm³/mol. The molecule has 0 atom stereocenters. The molecule has 2 aromatic rings. The van der Waals surface area contributed by atoms with E-state index in [2.05, 4.69) is 10.1 Å². The lowest BCUT2D eigenvalue weighted by atomic mass is 9.48. The number of carbonyl (C=O) groups is 1. The Kier molecular flexibility index (Phi) is 4.83. The summed E-state index contributed by atoms with van der Waals surface area (Å²) in [6.45, 7) is 7.46. The van der Waals surface area contributed by atoms with Gasteiger partial charge in [0, 0.05) is 6.20 Å². The highest BCUT2D eigenvalue weighted by Crippen LogP contribution is 2.26. The fraction of sp³-hybridized carbons (Fsp3) is 0.400. The number of nitrogens with zero attached hydrogens (tertiary/aromatic N) is 4. The molecule has 0 aromatic carbocycles. The van der Waals surface area contributed by atoms with Crippen LogP contribution in [0.15, 0.2) is 30.7 Å². The molecule has 124 valence electrons. The average molecular weight is 324 g/mol. The van der Waals surface area contributed by atoms with E-state index in [1.54, 1.807) is 22.0 Å². The van der Waals surface area contributed by atoms with Crippen LogP contribution in [0.4, 0.5) is 10.5 Å². The average Bonchev–Trinajstić information content (AvgIpc) is 2.78. The van der Waals surface area contributed by atoms with Crippen molar-refractivity contribution in [3.05, 3.63) is 36.4 Å². The zero-order chi connectivity index (χ0) is 18.1. The summed E-state index contributed by atoms with van der Waals surface area (Å²) in [6.07, 6.45) is 4.89. The van der Waals surface area contributed by atoms with Crippen LogP contribution in [0.1, 0.15) is 26.5 Å². The summed E-state index contributed by atoms with van der Waals surface area (Å²) in [5.41, 5.74) is 1.75. The first-order valence-corrected chi connectivity index (χ1v) is 7.99. The maximum Gasteiger partial charge on any atom is 0.413 e. The van der Waals surface area contributed by atoms with E-state index in [0.717, 1.165) is 17.1 Å². The summed E-state index contributed by atoms with van der Waals surface area (Å²) >= 11 is 0. The Hall–Kier alpha value is -2.18. The Balaban J connectivity index is 2.45. The zero-order valence-electron chi connectivity index (χ0n) is 15.5. The summed E-state index contributed by atoms with van der Waals surface area (Å²) in [4.78, 5) is 18.5. The van der Waals surface area contributed by atoms with E-state index in [9.17, 15) is 4.79 Å². The van der Waals surface area contributed by atoms with Gasteiger partial charge in [-0.2, -0.15) is 5.10 Å². The standard InChI is InChI=1S/C15H23B3N4O2/c1-10-12(9-21(20-10)11-6-5-7-19-8-11)22(15(16,17)18)13(23)24-14(2,3)4/h5-9H,16-18H2,1-4H3. The van der Waals surface area contributed by atoms with Crippen molar-refractivity contribution in [2.75, 3.05) is 4.90 Å². The van der Waals surface area contributed by atoms with Crippen molar-refractivity contribution >= 4 is 35.3 Å². The first-order chi connectivity index (χ1) is 11.0. The summed E-state index contributed by atoms with van der Waals surface area (Å²) < 4.78 is 7.31. The van der Waals surface area contributed by atoms with E-state index >= 15 is 0 Å². The van der Waals surface area contributed by atoms with Gasteiger partial charge in [-0.25, -0.2) is 9.48 Å². The predicted octanol–water partition coefficient (Wildman–Crippen LogP) is -0.172. The monoisotopic (exact) mass is 324 g/mol. The summed E-state index contributed by atoms with van der Waals surface area (Å²) in [7, 11) is 5.91. The van der Waals surface area contributed by atoms with Crippen molar-refractivity contribution in [2.45, 2.75) is 38.5 Å². The topological polar surface area (TPSA) is 60.2 Å². The second-order valence-corrected chi connectivity index (χ2v) is 7.74. The van der Waals surface area contributed by atoms with Crippen LogP contribution in [-0.2, 0) is 4.74 Å². The highest BCUT2D eigenvalue weighted by atomic mass is 16.6. The van der Waals surface area contributed by atoms with E-state index in [1.165, 1.54) is 0 Å². The van der Waals surface area contributed by atoms with Gasteiger partial charge in [-0.15, -0.1) is 0 Å². The molecular weight excluding hydrogens is 301 g/mol. The number of aromatic nitrogens is 3. The highest BCUT2D eigenvalue weighted by Gasteiger charge is 2.34. The molecule has 0 unspecified atom stereocenters. The third kappa shape index (κ3) is 4.22. The van der Waals surface area contributed by atoms with Crippen LogP contribution in [0.5, 0.6) is 0 Å². The van der Waals surface area contributed by atoms with Crippen molar-refractivity contribution in [3.8, 4) is 5.69 Å². The molecule has 24 heavy (non-hydrogen) atoms. The Morgan fingerprint density at radius 2 is 1.96 bits per heavy atom. The van der Waals surface area contributed by atoms with E-state index in [1.807, 2.05) is 69.6 Å². The number of hydrogen-bond acceptors (Lipinski definition) is 4. The van der Waals surface area contributed by atoms with Crippen LogP contribution in [0, 0.1) is 6.92 Å². The molecule has 0 aliphatic rings. The number of hydrogen-bond donors (Lipinski definition) is 0. The fourth-order valence-electron chi connectivity index (χ4n) is 2.33. The van der Waals surface area contributed by atoms with Gasteiger partial charge in [0.2, 0.25) is 0 Å². The van der Waals surface area contributed by atoms with Gasteiger partial charge in [0.05, 0.1) is 29.5 Å². The van der Waals surface area contributed by atoms with E-state index in [4.69, 9.17) is 4.74 Å². The lowest BCUT2D eigenvalue weighted by Gasteiger charge is -2.36. The van der Waals surface area contributed by atoms with E-state index < -0.39 is 10.8 Å². The van der Waals surface area contributed by atoms with E-state index in [0.29, 0.717) is 0 Å². The highest BCUT2D eigenvalue weighted by molar-refractivity contribution is 6.62. The van der Waals surface area contributed by atoms with Crippen molar-refractivity contribution in [1.82, 2.24) is 14.8 Å². The molecule has 0 N–H and O–H groups in total. The Bertz CT molecular complexity index is 721. The number of carbonyl (C=O) groups excluding carboxylic acids is 1. The van der Waals surface area contributed by atoms with Gasteiger partial charge in [0.25, 0.3) is 0 Å². The molecule has 0 bridgehead atoms. The second kappa shape index (κ2) is 6.38. The number of anilines is 1. The van der Waals surface area contributed by atoms with Gasteiger partial charge in [-0.3, -0.25) is 9.88 Å². The largest absolute Gasteiger partial charge is 0.443 e. The van der Waals surface area contributed by atoms with Gasteiger partial charge in [-0.05, 0) is 45.1 Å². The number of pyridine rings is 1. The van der Waals surface area contributed by atoms with Gasteiger partial charge in [0.15, 0.2) is 0 Å². The van der Waals surface area contributed by atoms with Crippen molar-refractivity contribution in [2.24, 2.45) is 0 Å². The molecule has 0 spiro atoms. The van der Waals surface area contributed by atoms with E-state index in [-0.39, 0.29) is 6.09 Å². The number of rotatable bonds is 3. The minimum atomic E-state index is -0.562. The van der Waals surface area contributed by atoms with Crippen LogP contribution < -0.4 is 4.90 Å². The normalized spacial score (nSPS) is 12.0. The summed E-state index contributed by atoms with van der Waals surface area (Å²) in [6, 6.07) is 3.76. The Morgan fingerprint density at radius 3 is 2.46 bits per heavy atom. The zero-order valence-corrected chi connectivity index (χ0v) is 15.5. The van der Waals surface area contributed by atoms with Crippen LogP contribution in [0.3, 0.4) is 0 Å². The molecule has 0 saturated heterocycles. The molecule has 2 aromatic heterocycles. The molecule has 0 aliphatic heterocycles. The molecule has 2 rings (SSSR count). The maximum atomic E-state index is 12.8. The van der Waals surface area contributed by atoms with Crippen LogP contribution in [0.2, 0.25) is 0 Å². The van der Waals surface area contributed by atoms with Crippen molar-refractivity contribution in [1.29, 1.82) is 0 Å². The molecule has 0 radical (unpaired) electrons. The van der Waals surface area contributed by atoms with Crippen molar-refractivity contribution < 1.29 is 9.53 Å². The lowest BCUT2D eigenvalue weighted by Crippen LogP contribution is -2.55. The Morgan fingerprint density at radius 1 is 1.29 bits per heavy atom. The van der Waals surface area contributed by atoms with Gasteiger partial charge in [0.1, 0.15) is 29.1 Å². The molecule has 9 heteroatoms. The van der Waals surface area contributed by atoms with Crippen LogP contribution in [-0.4, -0.2) is 55.2 Å². The first-order valence-electron chi connectivity index (χ1n) is 7.99. The minimum Gasteiger partial charge on any atom is -0.443 e. The molecule has 6 nitrogen and oxygen atoms in total. The quantitative estimate of drug-likeness (QED) is 0.736. The SMILES string of the molecule is BC(B)(B)N(C(=O)OC(C)(C)C)c1cn(-c2cccnc2)nc1C. The van der Waals surface area contributed by atoms with Crippen molar-refractivity contribution in [3.63, 3.8) is 0 Å². The number of aryl methyl sites for hydroxylation is 1. The minimum absolute atomic E-state index is 0.385. The smallest absolute Gasteiger partial charge is 0.413 e. The number of amides is 1. The van der Waals surface area contributed by atoms with Crippen LogP contribution >= 0.6 is 0 Å². The van der Waals surface area contributed by atoms with Gasteiger partial charge in [-0.1, -0.05) is 0 Å². The Labute approximate surface area is 145 Å². The molecule has 0 aliphatic carbocycles. The molecule has 1 amide bonds. The molecule has 0 fully saturated rings. The third-order valence-corrected chi connectivity index (χ3v) is 3.27. The van der Waals surface area contributed by atoms with Gasteiger partial charge < -0.3 is 4.74 Å². The second-order valence-electron chi connectivity index (χ2n) is 7.74. The summed E-state index contributed by atoms with van der Waals surface area (Å²) in [5, 5.41) is 4.07. The number of ether oxygens (including phenoxy) is 1. The molecule has 0 saturated carbocycles. The fourth-order valence-corrected chi connectivity index (χ4v) is 2.33. The molecular formula is C15H23B3N4O2. The first kappa shape index (κ1) is 18.2. The third-order valence-electron chi connectivity index (χ3n) is 3.27. The lowest BCUT2D eigenvalue weighted by molar-refractivity contribution is 0.0579. The van der Waals surface area contributed by atoms with Gasteiger partial charge >= 0.3 is 6.09 Å². The molecule has 2 heterocycles. The summed E-state index contributed by atoms with van der Waals surface area (Å²) in [5.74, 6) is 0. The maximum absolute atomic E-state index is 12.8.